The average Bonchev–Trinajstić information content (AvgIpc) is 2.43. The van der Waals surface area contributed by atoms with Gasteiger partial charge < -0.3 is 5.73 Å². The third-order valence-corrected chi connectivity index (χ3v) is 4.36. The number of aryl methyl sites for hydroxylation is 2. The molecule has 0 saturated carbocycles. The summed E-state index contributed by atoms with van der Waals surface area (Å²) >= 11 is 3.53. The van der Waals surface area contributed by atoms with Crippen molar-refractivity contribution in [2.24, 2.45) is 5.73 Å². The first-order valence-electron chi connectivity index (χ1n) is 7.23. The van der Waals surface area contributed by atoms with Crippen LogP contribution in [0.2, 0.25) is 0 Å². The van der Waals surface area contributed by atoms with Crippen LogP contribution in [0.3, 0.4) is 0 Å². The molecule has 1 atom stereocenters. The van der Waals surface area contributed by atoms with Crippen LogP contribution >= 0.6 is 15.9 Å². The summed E-state index contributed by atoms with van der Waals surface area (Å²) in [5, 5.41) is 0. The molecule has 0 radical (unpaired) electrons. The van der Waals surface area contributed by atoms with Gasteiger partial charge in [-0.3, -0.25) is 4.90 Å². The largest absolute Gasteiger partial charge is 0.329 e. The van der Waals surface area contributed by atoms with Gasteiger partial charge in [0.15, 0.2) is 0 Å². The average molecular weight is 347 g/mol. The highest BCUT2D eigenvalue weighted by Gasteiger charge is 2.17. The van der Waals surface area contributed by atoms with E-state index in [0.29, 0.717) is 6.54 Å². The zero-order valence-corrected chi connectivity index (χ0v) is 14.5. The number of benzene rings is 2. The third kappa shape index (κ3) is 4.16. The Morgan fingerprint density at radius 2 is 1.90 bits per heavy atom. The molecule has 0 aliphatic carbocycles. The van der Waals surface area contributed by atoms with E-state index in [1.54, 1.807) is 0 Å². The van der Waals surface area contributed by atoms with E-state index in [1.807, 2.05) is 0 Å². The molecule has 0 aliphatic rings. The van der Waals surface area contributed by atoms with E-state index in [1.165, 1.54) is 22.3 Å². The van der Waals surface area contributed by atoms with Gasteiger partial charge in [0.25, 0.3) is 0 Å². The standard InChI is InChI=1S/C18H23BrN2/c1-13-7-8-14(2)17(9-13)18(11-20)21(3)12-15-5-4-6-16(19)10-15/h4-10,18H,11-12,20H2,1-3H3. The summed E-state index contributed by atoms with van der Waals surface area (Å²) in [4.78, 5) is 2.32. The van der Waals surface area contributed by atoms with Crippen molar-refractivity contribution in [2.75, 3.05) is 13.6 Å². The summed E-state index contributed by atoms with van der Waals surface area (Å²) in [5.74, 6) is 0. The number of nitrogens with two attached hydrogens (primary N) is 1. The maximum absolute atomic E-state index is 6.06. The van der Waals surface area contributed by atoms with Crippen molar-refractivity contribution >= 4 is 15.9 Å². The lowest BCUT2D eigenvalue weighted by Gasteiger charge is -2.29. The van der Waals surface area contributed by atoms with Crippen molar-refractivity contribution in [3.05, 3.63) is 69.2 Å². The summed E-state index contributed by atoms with van der Waals surface area (Å²) in [6.45, 7) is 5.79. The summed E-state index contributed by atoms with van der Waals surface area (Å²) in [6, 6.07) is 15.3. The zero-order valence-electron chi connectivity index (χ0n) is 12.9. The Morgan fingerprint density at radius 1 is 1.14 bits per heavy atom. The van der Waals surface area contributed by atoms with Gasteiger partial charge in [0, 0.05) is 23.6 Å². The number of halogens is 1. The lowest BCUT2D eigenvalue weighted by molar-refractivity contribution is 0.241. The Bertz CT molecular complexity index is 610. The van der Waals surface area contributed by atoms with Gasteiger partial charge in [-0.25, -0.2) is 0 Å². The van der Waals surface area contributed by atoms with Gasteiger partial charge in [0.1, 0.15) is 0 Å². The van der Waals surface area contributed by atoms with Gasteiger partial charge in [0.05, 0.1) is 0 Å². The fourth-order valence-electron chi connectivity index (χ4n) is 2.70. The first-order chi connectivity index (χ1) is 10.0. The van der Waals surface area contributed by atoms with E-state index in [-0.39, 0.29) is 6.04 Å². The molecule has 0 aromatic heterocycles. The van der Waals surface area contributed by atoms with Crippen LogP contribution < -0.4 is 5.73 Å². The van der Waals surface area contributed by atoms with Crippen LogP contribution in [-0.2, 0) is 6.54 Å². The maximum Gasteiger partial charge on any atom is 0.0473 e. The van der Waals surface area contributed by atoms with Crippen molar-refractivity contribution < 1.29 is 0 Å². The van der Waals surface area contributed by atoms with Crippen LogP contribution in [0.5, 0.6) is 0 Å². The van der Waals surface area contributed by atoms with Crippen molar-refractivity contribution in [3.63, 3.8) is 0 Å². The molecule has 2 aromatic rings. The van der Waals surface area contributed by atoms with E-state index in [4.69, 9.17) is 5.73 Å². The number of likely N-dealkylation sites (N-methyl/N-ethyl adjacent to an activating group) is 1. The maximum atomic E-state index is 6.06. The minimum Gasteiger partial charge on any atom is -0.329 e. The molecule has 2 aromatic carbocycles. The second kappa shape index (κ2) is 7.21. The molecule has 0 bridgehead atoms. The van der Waals surface area contributed by atoms with Crippen molar-refractivity contribution in [2.45, 2.75) is 26.4 Å². The van der Waals surface area contributed by atoms with Crippen LogP contribution in [0.25, 0.3) is 0 Å². The topological polar surface area (TPSA) is 29.3 Å². The normalized spacial score (nSPS) is 12.7. The van der Waals surface area contributed by atoms with E-state index >= 15 is 0 Å². The highest BCUT2D eigenvalue weighted by atomic mass is 79.9. The van der Waals surface area contributed by atoms with Gasteiger partial charge >= 0.3 is 0 Å². The molecule has 2 nitrogen and oxygen atoms in total. The molecule has 0 fully saturated rings. The van der Waals surface area contributed by atoms with Gasteiger partial charge in [-0.2, -0.15) is 0 Å². The lowest BCUT2D eigenvalue weighted by atomic mass is 9.97. The van der Waals surface area contributed by atoms with Crippen LogP contribution in [0, 0.1) is 13.8 Å². The van der Waals surface area contributed by atoms with Gasteiger partial charge in [0.2, 0.25) is 0 Å². The van der Waals surface area contributed by atoms with Gasteiger partial charge in [-0.05, 0) is 49.7 Å². The molecule has 1 unspecified atom stereocenters. The fourth-order valence-corrected chi connectivity index (χ4v) is 3.14. The van der Waals surface area contributed by atoms with Crippen LogP contribution in [0.4, 0.5) is 0 Å². The van der Waals surface area contributed by atoms with E-state index < -0.39 is 0 Å². The van der Waals surface area contributed by atoms with Crippen molar-refractivity contribution in [1.82, 2.24) is 4.90 Å². The smallest absolute Gasteiger partial charge is 0.0473 e. The summed E-state index contributed by atoms with van der Waals surface area (Å²) < 4.78 is 1.12. The molecule has 3 heteroatoms. The minimum atomic E-state index is 0.240. The van der Waals surface area contributed by atoms with Crippen LogP contribution in [0.15, 0.2) is 46.9 Å². The van der Waals surface area contributed by atoms with Crippen LogP contribution in [0.1, 0.15) is 28.3 Å². The Hall–Kier alpha value is -1.16. The Balaban J connectivity index is 2.22. The first-order valence-corrected chi connectivity index (χ1v) is 8.02. The van der Waals surface area contributed by atoms with Gasteiger partial charge in [-0.15, -0.1) is 0 Å². The molecule has 112 valence electrons. The number of nitrogens with zero attached hydrogens (tertiary/aromatic N) is 1. The highest BCUT2D eigenvalue weighted by molar-refractivity contribution is 9.10. The monoisotopic (exact) mass is 346 g/mol. The second-order valence-electron chi connectivity index (χ2n) is 5.66. The highest BCUT2D eigenvalue weighted by Crippen LogP contribution is 2.25. The fraction of sp³-hybridized carbons (Fsp3) is 0.333. The Labute approximate surface area is 136 Å². The molecule has 21 heavy (non-hydrogen) atoms. The van der Waals surface area contributed by atoms with E-state index in [2.05, 4.69) is 84.2 Å². The Kier molecular flexibility index (Phi) is 5.57. The predicted molar refractivity (Wildman–Crippen MR) is 93.3 cm³/mol. The number of rotatable bonds is 5. The summed E-state index contributed by atoms with van der Waals surface area (Å²) in [7, 11) is 2.14. The molecule has 2 N–H and O–H groups in total. The minimum absolute atomic E-state index is 0.240. The molecule has 0 saturated heterocycles. The van der Waals surface area contributed by atoms with E-state index in [9.17, 15) is 0 Å². The van der Waals surface area contributed by atoms with Crippen LogP contribution in [-0.4, -0.2) is 18.5 Å². The Morgan fingerprint density at radius 3 is 2.57 bits per heavy atom. The van der Waals surface area contributed by atoms with Crippen molar-refractivity contribution in [3.8, 4) is 0 Å². The summed E-state index contributed by atoms with van der Waals surface area (Å²) in [5.41, 5.74) is 11.3. The second-order valence-corrected chi connectivity index (χ2v) is 6.57. The first kappa shape index (κ1) is 16.2. The molecule has 0 heterocycles. The number of hydrogen-bond acceptors (Lipinski definition) is 2. The SMILES string of the molecule is Cc1ccc(C)c(C(CN)N(C)Cc2cccc(Br)c2)c1. The zero-order chi connectivity index (χ0) is 15.4. The molecule has 0 amide bonds. The van der Waals surface area contributed by atoms with E-state index in [0.717, 1.165) is 11.0 Å². The molecule has 0 spiro atoms. The quantitative estimate of drug-likeness (QED) is 0.878. The van der Waals surface area contributed by atoms with Gasteiger partial charge in [-0.1, -0.05) is 51.8 Å². The summed E-state index contributed by atoms with van der Waals surface area (Å²) in [6.07, 6.45) is 0. The molecular formula is C18H23BrN2. The molecule has 0 aliphatic heterocycles. The lowest BCUT2D eigenvalue weighted by Crippen LogP contribution is -2.30. The molecule has 2 rings (SSSR count). The third-order valence-electron chi connectivity index (χ3n) is 3.87. The van der Waals surface area contributed by atoms with Crippen molar-refractivity contribution in [1.29, 1.82) is 0 Å². The predicted octanol–water partition coefficient (Wildman–Crippen LogP) is 4.20. The number of hydrogen-bond donors (Lipinski definition) is 1. The molecular weight excluding hydrogens is 324 g/mol.